The molecule has 20 heavy (non-hydrogen) atoms. The number of carbonyl (C=O) groups excluding carboxylic acids is 1. The van der Waals surface area contributed by atoms with E-state index in [-0.39, 0.29) is 11.4 Å². The van der Waals surface area contributed by atoms with Crippen molar-refractivity contribution in [2.24, 2.45) is 0 Å². The van der Waals surface area contributed by atoms with Gasteiger partial charge in [-0.05, 0) is 20.3 Å². The third-order valence-electron chi connectivity index (χ3n) is 3.75. The standard InChI is InChI=1S/C14H23N3O2S/c1-14(2,17-6-8-19-9-7-17)4-3-12(18)16-11-13-15-5-10-20-13/h5,10H,3-4,6-9,11H2,1-2H3,(H,16,18). The molecule has 0 saturated carbocycles. The van der Waals surface area contributed by atoms with E-state index in [0.29, 0.717) is 13.0 Å². The van der Waals surface area contributed by atoms with Crippen LogP contribution in [0.15, 0.2) is 11.6 Å². The summed E-state index contributed by atoms with van der Waals surface area (Å²) in [5, 5.41) is 5.80. The summed E-state index contributed by atoms with van der Waals surface area (Å²) in [5.41, 5.74) is 0.0440. The van der Waals surface area contributed by atoms with Crippen LogP contribution in [0.1, 0.15) is 31.7 Å². The van der Waals surface area contributed by atoms with Gasteiger partial charge in [0.05, 0.1) is 19.8 Å². The van der Waals surface area contributed by atoms with Crippen molar-refractivity contribution in [3.63, 3.8) is 0 Å². The molecule has 2 heterocycles. The van der Waals surface area contributed by atoms with Gasteiger partial charge in [0.15, 0.2) is 0 Å². The number of amides is 1. The summed E-state index contributed by atoms with van der Waals surface area (Å²) >= 11 is 1.56. The third kappa shape index (κ3) is 4.54. The van der Waals surface area contributed by atoms with Crippen molar-refractivity contribution >= 4 is 17.2 Å². The highest BCUT2D eigenvalue weighted by atomic mass is 32.1. The molecule has 1 aromatic heterocycles. The van der Waals surface area contributed by atoms with Crippen LogP contribution in [0.3, 0.4) is 0 Å². The van der Waals surface area contributed by atoms with Gasteiger partial charge in [0, 0.05) is 36.6 Å². The minimum absolute atomic E-state index is 0.0440. The number of rotatable bonds is 6. The molecule has 1 amide bonds. The molecule has 1 fully saturated rings. The lowest BCUT2D eigenvalue weighted by Gasteiger charge is -2.40. The molecule has 0 atom stereocenters. The van der Waals surface area contributed by atoms with Crippen LogP contribution < -0.4 is 5.32 Å². The molecule has 1 aromatic rings. The first-order valence-electron chi connectivity index (χ1n) is 7.06. The van der Waals surface area contributed by atoms with E-state index in [1.165, 1.54) is 0 Å². The Labute approximate surface area is 124 Å². The van der Waals surface area contributed by atoms with Gasteiger partial charge in [0.25, 0.3) is 0 Å². The van der Waals surface area contributed by atoms with Crippen LogP contribution in [0, 0.1) is 0 Å². The number of nitrogens with one attached hydrogen (secondary N) is 1. The fourth-order valence-corrected chi connectivity index (χ4v) is 2.91. The molecule has 1 aliphatic heterocycles. The van der Waals surface area contributed by atoms with Crippen molar-refractivity contribution in [1.29, 1.82) is 0 Å². The van der Waals surface area contributed by atoms with E-state index in [1.54, 1.807) is 17.5 Å². The molecule has 0 radical (unpaired) electrons. The second-order valence-corrected chi connectivity index (χ2v) is 6.59. The van der Waals surface area contributed by atoms with Crippen molar-refractivity contribution < 1.29 is 9.53 Å². The quantitative estimate of drug-likeness (QED) is 0.867. The predicted octanol–water partition coefficient (Wildman–Crippen LogP) is 1.65. The van der Waals surface area contributed by atoms with E-state index in [1.807, 2.05) is 5.38 Å². The van der Waals surface area contributed by atoms with Gasteiger partial charge in [-0.3, -0.25) is 9.69 Å². The largest absolute Gasteiger partial charge is 0.379 e. The first-order chi connectivity index (χ1) is 9.58. The van der Waals surface area contributed by atoms with Gasteiger partial charge in [0.1, 0.15) is 5.01 Å². The van der Waals surface area contributed by atoms with Crippen molar-refractivity contribution in [1.82, 2.24) is 15.2 Å². The van der Waals surface area contributed by atoms with Crippen molar-refractivity contribution in [3.05, 3.63) is 16.6 Å². The maximum Gasteiger partial charge on any atom is 0.220 e. The molecule has 0 unspecified atom stereocenters. The molecule has 0 aromatic carbocycles. The summed E-state index contributed by atoms with van der Waals surface area (Å²) in [6.45, 7) is 8.42. The van der Waals surface area contributed by atoms with Gasteiger partial charge < -0.3 is 10.1 Å². The predicted molar refractivity (Wildman–Crippen MR) is 79.7 cm³/mol. The smallest absolute Gasteiger partial charge is 0.220 e. The minimum Gasteiger partial charge on any atom is -0.379 e. The molecule has 2 rings (SSSR count). The zero-order valence-corrected chi connectivity index (χ0v) is 13.0. The van der Waals surface area contributed by atoms with E-state index < -0.39 is 0 Å². The molecule has 0 bridgehead atoms. The normalized spacial score (nSPS) is 17.1. The molecular formula is C14H23N3O2S. The molecule has 112 valence electrons. The van der Waals surface area contributed by atoms with Crippen LogP contribution in [0.25, 0.3) is 0 Å². The highest BCUT2D eigenvalue weighted by molar-refractivity contribution is 7.09. The molecule has 0 aliphatic carbocycles. The number of nitrogens with zero attached hydrogens (tertiary/aromatic N) is 2. The molecule has 6 heteroatoms. The molecular weight excluding hydrogens is 274 g/mol. The Balaban J connectivity index is 1.71. The van der Waals surface area contributed by atoms with E-state index in [2.05, 4.69) is 29.0 Å². The molecule has 0 spiro atoms. The summed E-state index contributed by atoms with van der Waals surface area (Å²) in [4.78, 5) is 18.4. The summed E-state index contributed by atoms with van der Waals surface area (Å²) in [6, 6.07) is 0. The molecule has 1 saturated heterocycles. The summed E-state index contributed by atoms with van der Waals surface area (Å²) in [6.07, 6.45) is 3.17. The van der Waals surface area contributed by atoms with E-state index >= 15 is 0 Å². The average Bonchev–Trinajstić information content (AvgIpc) is 2.97. The maximum absolute atomic E-state index is 11.9. The second kappa shape index (κ2) is 7.15. The lowest BCUT2D eigenvalue weighted by molar-refractivity contribution is -0.122. The zero-order valence-electron chi connectivity index (χ0n) is 12.2. The Hall–Kier alpha value is -0.980. The lowest BCUT2D eigenvalue weighted by Crippen LogP contribution is -2.50. The Kier molecular flexibility index (Phi) is 5.51. The first kappa shape index (κ1) is 15.4. The SMILES string of the molecule is CC(C)(CCC(=O)NCc1nccs1)N1CCOCC1. The van der Waals surface area contributed by atoms with Gasteiger partial charge in [-0.25, -0.2) is 4.98 Å². The van der Waals surface area contributed by atoms with Crippen LogP contribution in [0.2, 0.25) is 0 Å². The molecule has 1 aliphatic rings. The Bertz CT molecular complexity index is 414. The highest BCUT2D eigenvalue weighted by Gasteiger charge is 2.28. The Morgan fingerprint density at radius 1 is 1.50 bits per heavy atom. The number of ether oxygens (including phenoxy) is 1. The van der Waals surface area contributed by atoms with Gasteiger partial charge in [-0.15, -0.1) is 11.3 Å². The first-order valence-corrected chi connectivity index (χ1v) is 7.94. The number of hydrogen-bond acceptors (Lipinski definition) is 5. The van der Waals surface area contributed by atoms with Crippen LogP contribution in [0.5, 0.6) is 0 Å². The van der Waals surface area contributed by atoms with Crippen molar-refractivity contribution in [2.45, 2.75) is 38.8 Å². The van der Waals surface area contributed by atoms with Crippen LogP contribution >= 0.6 is 11.3 Å². The number of aromatic nitrogens is 1. The fourth-order valence-electron chi connectivity index (χ4n) is 2.35. The van der Waals surface area contributed by atoms with Gasteiger partial charge >= 0.3 is 0 Å². The average molecular weight is 297 g/mol. The minimum atomic E-state index is 0.0440. The van der Waals surface area contributed by atoms with Crippen LogP contribution in [-0.4, -0.2) is 47.6 Å². The van der Waals surface area contributed by atoms with Gasteiger partial charge in [0.2, 0.25) is 5.91 Å². The third-order valence-corrected chi connectivity index (χ3v) is 4.53. The van der Waals surface area contributed by atoms with Crippen LogP contribution in [-0.2, 0) is 16.1 Å². The van der Waals surface area contributed by atoms with Crippen molar-refractivity contribution in [3.8, 4) is 0 Å². The van der Waals surface area contributed by atoms with E-state index in [9.17, 15) is 4.79 Å². The number of hydrogen-bond donors (Lipinski definition) is 1. The summed E-state index contributed by atoms with van der Waals surface area (Å²) < 4.78 is 5.37. The maximum atomic E-state index is 11.9. The topological polar surface area (TPSA) is 54.5 Å². The molecule has 5 nitrogen and oxygen atoms in total. The van der Waals surface area contributed by atoms with E-state index in [0.717, 1.165) is 37.7 Å². The number of carbonyl (C=O) groups is 1. The van der Waals surface area contributed by atoms with Gasteiger partial charge in [-0.1, -0.05) is 0 Å². The number of thiazole rings is 1. The monoisotopic (exact) mass is 297 g/mol. The van der Waals surface area contributed by atoms with Crippen molar-refractivity contribution in [2.75, 3.05) is 26.3 Å². The second-order valence-electron chi connectivity index (χ2n) is 5.61. The lowest BCUT2D eigenvalue weighted by atomic mass is 9.95. The van der Waals surface area contributed by atoms with E-state index in [4.69, 9.17) is 4.74 Å². The Morgan fingerprint density at radius 3 is 2.90 bits per heavy atom. The molecule has 1 N–H and O–H groups in total. The summed E-state index contributed by atoms with van der Waals surface area (Å²) in [7, 11) is 0. The van der Waals surface area contributed by atoms with Gasteiger partial charge in [-0.2, -0.15) is 0 Å². The summed E-state index contributed by atoms with van der Waals surface area (Å²) in [5.74, 6) is 0.0986. The fraction of sp³-hybridized carbons (Fsp3) is 0.714. The Morgan fingerprint density at radius 2 is 2.25 bits per heavy atom. The highest BCUT2D eigenvalue weighted by Crippen LogP contribution is 2.21. The number of morpholine rings is 1. The van der Waals surface area contributed by atoms with Crippen LogP contribution in [0.4, 0.5) is 0 Å². The zero-order chi connectivity index (χ0) is 14.4.